The van der Waals surface area contributed by atoms with E-state index in [4.69, 9.17) is 0 Å². The number of hydrogen-bond acceptors (Lipinski definition) is 1. The fourth-order valence-electron chi connectivity index (χ4n) is 1.97. The highest BCUT2D eigenvalue weighted by Gasteiger charge is 2.13. The molecule has 0 saturated carbocycles. The molecule has 0 saturated heterocycles. The molecule has 1 heterocycles. The first-order valence-corrected chi connectivity index (χ1v) is 6.90. The largest absolute Gasteiger partial charge is 0.249 e. The molecule has 1 aromatic heterocycles. The van der Waals surface area contributed by atoms with E-state index in [0.717, 1.165) is 4.60 Å². The predicted molar refractivity (Wildman–Crippen MR) is 80.8 cm³/mol. The second-order valence-corrected chi connectivity index (χ2v) is 6.46. The molecule has 1 aromatic carbocycles. The Morgan fingerprint density at radius 1 is 1.06 bits per heavy atom. The smallest absolute Gasteiger partial charge is 0.106 e. The molecule has 0 fully saturated rings. The third-order valence-corrected chi connectivity index (χ3v) is 3.57. The summed E-state index contributed by atoms with van der Waals surface area (Å²) in [5.41, 5.74) is 5.21. The van der Waals surface area contributed by atoms with Crippen LogP contribution in [-0.4, -0.2) is 4.98 Å². The number of nitrogens with zero attached hydrogens (tertiary/aromatic N) is 1. The van der Waals surface area contributed by atoms with Gasteiger partial charge in [0.05, 0.1) is 0 Å². The third kappa shape index (κ3) is 2.81. The minimum absolute atomic E-state index is 0.200. The van der Waals surface area contributed by atoms with Crippen LogP contribution in [0.1, 0.15) is 31.9 Å². The molecule has 0 aliphatic rings. The lowest BCUT2D eigenvalue weighted by Crippen LogP contribution is -2.10. The van der Waals surface area contributed by atoms with Gasteiger partial charge in [-0.1, -0.05) is 45.0 Å². The lowest BCUT2D eigenvalue weighted by atomic mass is 9.86. The van der Waals surface area contributed by atoms with Gasteiger partial charge in [0, 0.05) is 11.8 Å². The third-order valence-electron chi connectivity index (χ3n) is 3.14. The Kier molecular flexibility index (Phi) is 3.58. The molecule has 1 nitrogen and oxygen atoms in total. The maximum Gasteiger partial charge on any atom is 0.106 e. The van der Waals surface area contributed by atoms with E-state index in [2.05, 4.69) is 72.9 Å². The standard InChI is InChI=1S/C16H18BrN/c1-11-9-15(17)18-10-14(11)12-5-7-13(8-6-12)16(2,3)4/h5-10H,1-4H3. The molecule has 0 unspecified atom stereocenters. The Balaban J connectivity index is 2.41. The molecule has 2 rings (SSSR count). The van der Waals surface area contributed by atoms with Crippen molar-refractivity contribution in [3.8, 4) is 11.1 Å². The van der Waals surface area contributed by atoms with E-state index in [-0.39, 0.29) is 5.41 Å². The predicted octanol–water partition coefficient (Wildman–Crippen LogP) is 5.12. The Labute approximate surface area is 117 Å². The van der Waals surface area contributed by atoms with Crippen molar-refractivity contribution >= 4 is 15.9 Å². The quantitative estimate of drug-likeness (QED) is 0.667. The summed E-state index contributed by atoms with van der Waals surface area (Å²) in [6.45, 7) is 8.80. The van der Waals surface area contributed by atoms with E-state index in [0.29, 0.717) is 0 Å². The zero-order valence-electron chi connectivity index (χ0n) is 11.3. The lowest BCUT2D eigenvalue weighted by Gasteiger charge is -2.19. The van der Waals surface area contributed by atoms with Crippen LogP contribution in [0.4, 0.5) is 0 Å². The summed E-state index contributed by atoms with van der Waals surface area (Å²) < 4.78 is 0.884. The Hall–Kier alpha value is -1.15. The Bertz CT molecular complexity index is 550. The van der Waals surface area contributed by atoms with Gasteiger partial charge in [-0.15, -0.1) is 0 Å². The molecule has 0 radical (unpaired) electrons. The van der Waals surface area contributed by atoms with Crippen LogP contribution in [0.3, 0.4) is 0 Å². The zero-order valence-corrected chi connectivity index (χ0v) is 12.9. The molecule has 0 N–H and O–H groups in total. The highest BCUT2D eigenvalue weighted by Crippen LogP contribution is 2.28. The van der Waals surface area contributed by atoms with Crippen LogP contribution in [0.2, 0.25) is 0 Å². The molecule has 2 heteroatoms. The van der Waals surface area contributed by atoms with Crippen molar-refractivity contribution < 1.29 is 0 Å². The van der Waals surface area contributed by atoms with Crippen molar-refractivity contribution in [2.45, 2.75) is 33.1 Å². The minimum atomic E-state index is 0.200. The number of pyridine rings is 1. The summed E-state index contributed by atoms with van der Waals surface area (Å²) >= 11 is 3.40. The van der Waals surface area contributed by atoms with Gasteiger partial charge in [0.25, 0.3) is 0 Å². The van der Waals surface area contributed by atoms with Crippen LogP contribution in [0, 0.1) is 6.92 Å². The van der Waals surface area contributed by atoms with E-state index in [1.807, 2.05) is 12.3 Å². The highest BCUT2D eigenvalue weighted by molar-refractivity contribution is 9.10. The van der Waals surface area contributed by atoms with E-state index < -0.39 is 0 Å². The summed E-state index contributed by atoms with van der Waals surface area (Å²) in [5, 5.41) is 0. The molecule has 0 aliphatic carbocycles. The van der Waals surface area contributed by atoms with Crippen LogP contribution in [0.25, 0.3) is 11.1 Å². The summed E-state index contributed by atoms with van der Waals surface area (Å²) in [5.74, 6) is 0. The summed E-state index contributed by atoms with van der Waals surface area (Å²) in [6, 6.07) is 10.8. The van der Waals surface area contributed by atoms with Crippen molar-refractivity contribution in [3.05, 3.63) is 52.3 Å². The van der Waals surface area contributed by atoms with Gasteiger partial charge in [-0.2, -0.15) is 0 Å². The monoisotopic (exact) mass is 303 g/mol. The van der Waals surface area contributed by atoms with Crippen molar-refractivity contribution in [1.29, 1.82) is 0 Å². The van der Waals surface area contributed by atoms with Crippen molar-refractivity contribution in [1.82, 2.24) is 4.98 Å². The van der Waals surface area contributed by atoms with Gasteiger partial charge in [-0.3, -0.25) is 0 Å². The molecule has 18 heavy (non-hydrogen) atoms. The van der Waals surface area contributed by atoms with Gasteiger partial charge >= 0.3 is 0 Å². The number of aromatic nitrogens is 1. The molecular weight excluding hydrogens is 286 g/mol. The SMILES string of the molecule is Cc1cc(Br)ncc1-c1ccc(C(C)(C)C)cc1. The molecule has 0 aliphatic heterocycles. The first-order valence-electron chi connectivity index (χ1n) is 6.11. The van der Waals surface area contributed by atoms with Gasteiger partial charge in [-0.25, -0.2) is 4.98 Å². The molecule has 0 amide bonds. The van der Waals surface area contributed by atoms with Crippen molar-refractivity contribution in [2.24, 2.45) is 0 Å². The molecule has 0 bridgehead atoms. The second-order valence-electron chi connectivity index (χ2n) is 5.65. The van der Waals surface area contributed by atoms with E-state index in [9.17, 15) is 0 Å². The van der Waals surface area contributed by atoms with Crippen LogP contribution < -0.4 is 0 Å². The topological polar surface area (TPSA) is 12.9 Å². The fraction of sp³-hybridized carbons (Fsp3) is 0.312. The second kappa shape index (κ2) is 4.85. The number of benzene rings is 1. The van der Waals surface area contributed by atoms with E-state index in [1.165, 1.54) is 22.3 Å². The van der Waals surface area contributed by atoms with Gasteiger partial charge < -0.3 is 0 Å². The average Bonchev–Trinajstić information content (AvgIpc) is 2.28. The molecule has 0 spiro atoms. The van der Waals surface area contributed by atoms with E-state index in [1.54, 1.807) is 0 Å². The normalized spacial score (nSPS) is 11.6. The highest BCUT2D eigenvalue weighted by atomic mass is 79.9. The number of rotatable bonds is 1. The number of halogens is 1. The molecule has 0 atom stereocenters. The fourth-order valence-corrected chi connectivity index (χ4v) is 2.42. The number of aryl methyl sites for hydroxylation is 1. The lowest BCUT2D eigenvalue weighted by molar-refractivity contribution is 0.590. The maximum atomic E-state index is 4.30. The molecular formula is C16H18BrN. The first-order chi connectivity index (χ1) is 8.38. The van der Waals surface area contributed by atoms with Crippen LogP contribution >= 0.6 is 15.9 Å². The molecule has 94 valence electrons. The first kappa shape index (κ1) is 13.3. The maximum absolute atomic E-state index is 4.30. The Morgan fingerprint density at radius 2 is 1.67 bits per heavy atom. The van der Waals surface area contributed by atoms with Gasteiger partial charge in [0.1, 0.15) is 4.60 Å². The van der Waals surface area contributed by atoms with Gasteiger partial charge in [0.2, 0.25) is 0 Å². The van der Waals surface area contributed by atoms with Crippen molar-refractivity contribution in [2.75, 3.05) is 0 Å². The zero-order chi connectivity index (χ0) is 13.3. The number of hydrogen-bond donors (Lipinski definition) is 0. The Morgan fingerprint density at radius 3 is 2.17 bits per heavy atom. The van der Waals surface area contributed by atoms with Crippen molar-refractivity contribution in [3.63, 3.8) is 0 Å². The average molecular weight is 304 g/mol. The van der Waals surface area contributed by atoms with Gasteiger partial charge in [-0.05, 0) is 51.0 Å². The van der Waals surface area contributed by atoms with Gasteiger partial charge in [0.15, 0.2) is 0 Å². The molecule has 2 aromatic rings. The van der Waals surface area contributed by atoms with Crippen LogP contribution in [0.15, 0.2) is 41.1 Å². The van der Waals surface area contributed by atoms with Crippen LogP contribution in [-0.2, 0) is 5.41 Å². The van der Waals surface area contributed by atoms with E-state index >= 15 is 0 Å². The summed E-state index contributed by atoms with van der Waals surface area (Å²) in [6.07, 6.45) is 1.92. The summed E-state index contributed by atoms with van der Waals surface area (Å²) in [7, 11) is 0. The summed E-state index contributed by atoms with van der Waals surface area (Å²) in [4.78, 5) is 4.30. The minimum Gasteiger partial charge on any atom is -0.249 e. The van der Waals surface area contributed by atoms with Crippen LogP contribution in [0.5, 0.6) is 0 Å².